The van der Waals surface area contributed by atoms with Crippen molar-refractivity contribution in [3.05, 3.63) is 47.8 Å². The highest BCUT2D eigenvalue weighted by Crippen LogP contribution is 2.29. The van der Waals surface area contributed by atoms with E-state index in [4.69, 9.17) is 14.7 Å². The van der Waals surface area contributed by atoms with E-state index in [1.165, 1.54) is 0 Å². The average molecular weight is 340 g/mol. The van der Waals surface area contributed by atoms with Crippen LogP contribution in [0, 0.1) is 11.3 Å². The van der Waals surface area contributed by atoms with Gasteiger partial charge in [-0.15, -0.1) is 0 Å². The van der Waals surface area contributed by atoms with E-state index in [9.17, 15) is 0 Å². The highest BCUT2D eigenvalue weighted by molar-refractivity contribution is 5.42. The highest BCUT2D eigenvalue weighted by atomic mass is 16.5. The van der Waals surface area contributed by atoms with Gasteiger partial charge < -0.3 is 14.8 Å². The zero-order valence-electron chi connectivity index (χ0n) is 14.7. The lowest BCUT2D eigenvalue weighted by Crippen LogP contribution is -2.34. The van der Waals surface area contributed by atoms with Crippen molar-refractivity contribution < 1.29 is 9.47 Å². The first-order valence-electron chi connectivity index (χ1n) is 8.70. The third-order valence-corrected chi connectivity index (χ3v) is 4.34. The molecular weight excluding hydrogens is 316 g/mol. The Kier molecular flexibility index (Phi) is 5.69. The molecule has 6 nitrogen and oxygen atoms in total. The summed E-state index contributed by atoms with van der Waals surface area (Å²) in [7, 11) is 0. The molecule has 2 atom stereocenters. The fourth-order valence-corrected chi connectivity index (χ4v) is 3.00. The number of aromatic nitrogens is 2. The van der Waals surface area contributed by atoms with Crippen molar-refractivity contribution in [1.29, 1.82) is 5.26 Å². The second kappa shape index (κ2) is 8.15. The Morgan fingerprint density at radius 2 is 2.28 bits per heavy atom. The van der Waals surface area contributed by atoms with E-state index in [2.05, 4.69) is 36.5 Å². The fourth-order valence-electron chi connectivity index (χ4n) is 3.00. The lowest BCUT2D eigenvalue weighted by molar-refractivity contribution is 0.0978. The standard InChI is InChI=1S/C19H24N4O2/c1-14(2)23-13-16(12-22-23)19-17(7-9-25-19)21-8-10-24-18-6-4-3-5-15(18)11-20/h3-6,12-14,17,19,21H,7-10H2,1-2H3/t17-,19+/m0/s1. The van der Waals surface area contributed by atoms with Crippen LogP contribution >= 0.6 is 0 Å². The second-order valence-electron chi connectivity index (χ2n) is 6.44. The molecule has 2 heterocycles. The molecule has 1 aromatic heterocycles. The average Bonchev–Trinajstić information content (AvgIpc) is 3.28. The molecule has 132 valence electrons. The predicted octanol–water partition coefficient (Wildman–Crippen LogP) is 2.83. The van der Waals surface area contributed by atoms with Crippen LogP contribution in [-0.4, -0.2) is 35.6 Å². The minimum Gasteiger partial charge on any atom is -0.491 e. The van der Waals surface area contributed by atoms with Crippen molar-refractivity contribution in [3.63, 3.8) is 0 Å². The Balaban J connectivity index is 1.51. The Morgan fingerprint density at radius 1 is 1.44 bits per heavy atom. The van der Waals surface area contributed by atoms with Gasteiger partial charge in [-0.2, -0.15) is 10.4 Å². The van der Waals surface area contributed by atoms with Crippen molar-refractivity contribution in [2.75, 3.05) is 19.8 Å². The summed E-state index contributed by atoms with van der Waals surface area (Å²) < 4.78 is 13.6. The van der Waals surface area contributed by atoms with Gasteiger partial charge in [-0.25, -0.2) is 0 Å². The Labute approximate surface area is 148 Å². The minimum atomic E-state index is 0.0268. The van der Waals surface area contributed by atoms with Crippen LogP contribution in [0.4, 0.5) is 0 Å². The highest BCUT2D eigenvalue weighted by Gasteiger charge is 2.30. The number of benzene rings is 1. The Hall–Kier alpha value is -2.36. The van der Waals surface area contributed by atoms with Crippen LogP contribution in [0.5, 0.6) is 5.75 Å². The molecule has 1 aliphatic rings. The van der Waals surface area contributed by atoms with Crippen LogP contribution < -0.4 is 10.1 Å². The largest absolute Gasteiger partial charge is 0.491 e. The fraction of sp³-hybridized carbons (Fsp3) is 0.474. The first-order valence-corrected chi connectivity index (χ1v) is 8.70. The molecule has 1 N–H and O–H groups in total. The van der Waals surface area contributed by atoms with Crippen molar-refractivity contribution in [1.82, 2.24) is 15.1 Å². The first kappa shape index (κ1) is 17.5. The number of rotatable bonds is 7. The van der Waals surface area contributed by atoms with Gasteiger partial charge in [-0.1, -0.05) is 12.1 Å². The summed E-state index contributed by atoms with van der Waals surface area (Å²) in [5.74, 6) is 0.629. The van der Waals surface area contributed by atoms with Gasteiger partial charge in [0.05, 0.1) is 11.8 Å². The van der Waals surface area contributed by atoms with Gasteiger partial charge in [0.25, 0.3) is 0 Å². The lowest BCUT2D eigenvalue weighted by Gasteiger charge is -2.19. The number of para-hydroxylation sites is 1. The van der Waals surface area contributed by atoms with Gasteiger partial charge >= 0.3 is 0 Å². The summed E-state index contributed by atoms with van der Waals surface area (Å²) in [6.07, 6.45) is 4.95. The van der Waals surface area contributed by atoms with Gasteiger partial charge in [-0.3, -0.25) is 4.68 Å². The van der Waals surface area contributed by atoms with E-state index >= 15 is 0 Å². The number of nitrogens with one attached hydrogen (secondary N) is 1. The van der Waals surface area contributed by atoms with Crippen LogP contribution in [0.1, 0.15) is 43.5 Å². The van der Waals surface area contributed by atoms with E-state index in [0.29, 0.717) is 30.5 Å². The summed E-state index contributed by atoms with van der Waals surface area (Å²) in [5, 5.41) is 17.0. The van der Waals surface area contributed by atoms with Gasteiger partial charge in [0.1, 0.15) is 24.5 Å². The van der Waals surface area contributed by atoms with Gasteiger partial charge in [0.2, 0.25) is 0 Å². The molecule has 25 heavy (non-hydrogen) atoms. The quantitative estimate of drug-likeness (QED) is 0.785. The summed E-state index contributed by atoms with van der Waals surface area (Å²) >= 11 is 0. The van der Waals surface area contributed by atoms with E-state index in [1.807, 2.05) is 29.1 Å². The molecule has 0 spiro atoms. The monoisotopic (exact) mass is 340 g/mol. The third-order valence-electron chi connectivity index (χ3n) is 4.34. The van der Waals surface area contributed by atoms with Crippen molar-refractivity contribution in [2.24, 2.45) is 0 Å². The number of nitrogens with zero attached hydrogens (tertiary/aromatic N) is 3. The van der Waals surface area contributed by atoms with Crippen LogP contribution in [0.2, 0.25) is 0 Å². The van der Waals surface area contributed by atoms with E-state index in [-0.39, 0.29) is 12.1 Å². The Bertz CT molecular complexity index is 735. The van der Waals surface area contributed by atoms with Crippen LogP contribution in [0.15, 0.2) is 36.7 Å². The smallest absolute Gasteiger partial charge is 0.137 e. The normalized spacial score (nSPS) is 19.9. The first-order chi connectivity index (χ1) is 12.2. The summed E-state index contributed by atoms with van der Waals surface area (Å²) in [6.45, 7) is 6.17. The molecule has 0 aliphatic carbocycles. The number of hydrogen-bond acceptors (Lipinski definition) is 5. The SMILES string of the molecule is CC(C)n1cc([C@H]2OCC[C@@H]2NCCOc2ccccc2C#N)cn1. The van der Waals surface area contributed by atoms with Crippen molar-refractivity contribution in [2.45, 2.75) is 38.5 Å². The van der Waals surface area contributed by atoms with Crippen LogP contribution in [0.25, 0.3) is 0 Å². The van der Waals surface area contributed by atoms with E-state index in [0.717, 1.165) is 18.6 Å². The van der Waals surface area contributed by atoms with Gasteiger partial charge in [0, 0.05) is 37.0 Å². The second-order valence-corrected chi connectivity index (χ2v) is 6.44. The summed E-state index contributed by atoms with van der Waals surface area (Å²) in [6, 6.07) is 10.0. The lowest BCUT2D eigenvalue weighted by atomic mass is 10.1. The van der Waals surface area contributed by atoms with Crippen molar-refractivity contribution >= 4 is 0 Å². The molecule has 0 saturated carbocycles. The van der Waals surface area contributed by atoms with E-state index < -0.39 is 0 Å². The minimum absolute atomic E-state index is 0.0268. The predicted molar refractivity (Wildman–Crippen MR) is 94.4 cm³/mol. The molecule has 3 rings (SSSR count). The zero-order valence-corrected chi connectivity index (χ0v) is 14.7. The molecule has 0 unspecified atom stereocenters. The van der Waals surface area contributed by atoms with Crippen molar-refractivity contribution in [3.8, 4) is 11.8 Å². The third kappa shape index (κ3) is 4.19. The maximum atomic E-state index is 9.08. The molecular formula is C19H24N4O2. The molecule has 1 saturated heterocycles. The maximum absolute atomic E-state index is 9.08. The molecule has 0 radical (unpaired) electrons. The van der Waals surface area contributed by atoms with Crippen LogP contribution in [0.3, 0.4) is 0 Å². The Morgan fingerprint density at radius 3 is 3.04 bits per heavy atom. The zero-order chi connectivity index (χ0) is 17.6. The topological polar surface area (TPSA) is 72.1 Å². The molecule has 1 aliphatic heterocycles. The number of ether oxygens (including phenoxy) is 2. The van der Waals surface area contributed by atoms with Gasteiger partial charge in [0.15, 0.2) is 0 Å². The number of nitriles is 1. The molecule has 1 fully saturated rings. The van der Waals surface area contributed by atoms with Gasteiger partial charge in [-0.05, 0) is 32.4 Å². The molecule has 2 aromatic rings. The molecule has 0 amide bonds. The number of hydrogen-bond donors (Lipinski definition) is 1. The van der Waals surface area contributed by atoms with E-state index in [1.54, 1.807) is 6.07 Å². The summed E-state index contributed by atoms with van der Waals surface area (Å²) in [5.41, 5.74) is 1.67. The summed E-state index contributed by atoms with van der Waals surface area (Å²) in [4.78, 5) is 0. The maximum Gasteiger partial charge on any atom is 0.137 e. The molecule has 0 bridgehead atoms. The van der Waals surface area contributed by atoms with Crippen LogP contribution in [-0.2, 0) is 4.74 Å². The molecule has 1 aromatic carbocycles. The molecule has 6 heteroatoms.